The van der Waals surface area contributed by atoms with Gasteiger partial charge in [0.15, 0.2) is 5.78 Å². The van der Waals surface area contributed by atoms with E-state index in [9.17, 15) is 13.2 Å². The minimum atomic E-state index is -3.30. The number of anilines is 1. The van der Waals surface area contributed by atoms with Crippen LogP contribution in [0.5, 0.6) is 0 Å². The van der Waals surface area contributed by atoms with Crippen molar-refractivity contribution in [2.45, 2.75) is 0 Å². The monoisotopic (exact) mass is 229 g/mol. The maximum atomic E-state index is 11.0. The van der Waals surface area contributed by atoms with Crippen molar-refractivity contribution in [1.29, 1.82) is 0 Å². The fraction of sp³-hybridized carbons (Fsp3) is 0.222. The number of Topliss-reactive ketones (excluding diaryl/α,β-unsaturated/α-hetero) is 1. The molecule has 0 saturated heterocycles. The van der Waals surface area contributed by atoms with E-state index >= 15 is 0 Å². The van der Waals surface area contributed by atoms with Crippen LogP contribution in [-0.4, -0.2) is 32.2 Å². The Hall–Kier alpha value is -1.40. The zero-order valence-electron chi connectivity index (χ0n) is 8.10. The van der Waals surface area contributed by atoms with Gasteiger partial charge in [0.25, 0.3) is 0 Å². The van der Waals surface area contributed by atoms with Gasteiger partial charge in [-0.2, -0.15) is 0 Å². The van der Waals surface area contributed by atoms with E-state index in [2.05, 4.69) is 4.72 Å². The third-order valence-corrected chi connectivity index (χ3v) is 2.26. The molecule has 2 N–H and O–H groups in total. The van der Waals surface area contributed by atoms with Gasteiger partial charge in [-0.15, -0.1) is 0 Å². The molecule has 0 bridgehead atoms. The average molecular weight is 229 g/mol. The fourth-order valence-corrected chi connectivity index (χ4v) is 1.59. The maximum Gasteiger partial charge on any atom is 0.229 e. The van der Waals surface area contributed by atoms with Crippen LogP contribution in [0.2, 0.25) is 0 Å². The van der Waals surface area contributed by atoms with Crippen molar-refractivity contribution in [3.05, 3.63) is 29.8 Å². The number of hydrogen-bond donors (Lipinski definition) is 2. The standard InChI is InChI=1S/C9H11NO4S/c1-15(13,14)10-8-4-2-7(3-5-8)9(12)6-11/h2-5,10-11H,6H2,1H3. The quantitative estimate of drug-likeness (QED) is 0.724. The van der Waals surface area contributed by atoms with Gasteiger partial charge in [0.2, 0.25) is 10.0 Å². The van der Waals surface area contributed by atoms with Crippen LogP contribution < -0.4 is 4.72 Å². The highest BCUT2D eigenvalue weighted by Crippen LogP contribution is 2.10. The van der Waals surface area contributed by atoms with Gasteiger partial charge in [-0.25, -0.2) is 8.42 Å². The summed E-state index contributed by atoms with van der Waals surface area (Å²) in [7, 11) is -3.30. The van der Waals surface area contributed by atoms with Crippen LogP contribution in [0.15, 0.2) is 24.3 Å². The lowest BCUT2D eigenvalue weighted by molar-refractivity contribution is 0.0904. The summed E-state index contributed by atoms with van der Waals surface area (Å²) in [6, 6.07) is 5.83. The molecule has 0 spiro atoms. The molecule has 0 fully saturated rings. The summed E-state index contributed by atoms with van der Waals surface area (Å²) in [5, 5.41) is 8.58. The second-order valence-electron chi connectivity index (χ2n) is 3.03. The molecule has 6 heteroatoms. The minimum absolute atomic E-state index is 0.344. The van der Waals surface area contributed by atoms with Gasteiger partial charge < -0.3 is 5.11 Å². The van der Waals surface area contributed by atoms with E-state index in [0.29, 0.717) is 11.3 Å². The summed E-state index contributed by atoms with van der Waals surface area (Å²) < 4.78 is 24.0. The van der Waals surface area contributed by atoms with Gasteiger partial charge in [-0.3, -0.25) is 9.52 Å². The van der Waals surface area contributed by atoms with Gasteiger partial charge in [-0.1, -0.05) is 0 Å². The number of rotatable bonds is 4. The highest BCUT2D eigenvalue weighted by Gasteiger charge is 2.05. The molecular weight excluding hydrogens is 218 g/mol. The number of hydrogen-bond acceptors (Lipinski definition) is 4. The molecule has 0 radical (unpaired) electrons. The molecule has 15 heavy (non-hydrogen) atoms. The molecule has 1 aromatic rings. The predicted molar refractivity (Wildman–Crippen MR) is 56.3 cm³/mol. The molecule has 0 saturated carbocycles. The molecule has 0 aromatic heterocycles. The molecular formula is C9H11NO4S. The smallest absolute Gasteiger partial charge is 0.229 e. The summed E-state index contributed by atoms with van der Waals surface area (Å²) in [4.78, 5) is 11.0. The third-order valence-electron chi connectivity index (χ3n) is 1.65. The van der Waals surface area contributed by atoms with Crippen molar-refractivity contribution < 1.29 is 18.3 Å². The molecule has 0 unspecified atom stereocenters. The highest BCUT2D eigenvalue weighted by atomic mass is 32.2. The number of benzene rings is 1. The molecule has 5 nitrogen and oxygen atoms in total. The number of sulfonamides is 1. The minimum Gasteiger partial charge on any atom is -0.388 e. The van der Waals surface area contributed by atoms with Crippen LogP contribution >= 0.6 is 0 Å². The third kappa shape index (κ3) is 3.69. The fourth-order valence-electron chi connectivity index (χ4n) is 1.03. The normalized spacial score (nSPS) is 11.1. The number of aliphatic hydroxyl groups excluding tert-OH is 1. The van der Waals surface area contributed by atoms with E-state index < -0.39 is 22.4 Å². The second-order valence-corrected chi connectivity index (χ2v) is 4.78. The molecule has 0 aliphatic rings. The molecule has 1 rings (SSSR count). The van der Waals surface area contributed by atoms with Gasteiger partial charge in [0.05, 0.1) is 6.26 Å². The van der Waals surface area contributed by atoms with Crippen molar-refractivity contribution >= 4 is 21.5 Å². The first kappa shape index (κ1) is 11.7. The van der Waals surface area contributed by atoms with E-state index in [-0.39, 0.29) is 0 Å². The van der Waals surface area contributed by atoms with Gasteiger partial charge in [-0.05, 0) is 24.3 Å². The van der Waals surface area contributed by atoms with Gasteiger partial charge in [0, 0.05) is 11.3 Å². The zero-order valence-corrected chi connectivity index (χ0v) is 8.91. The topological polar surface area (TPSA) is 83.5 Å². The van der Waals surface area contributed by atoms with Crippen LogP contribution in [0, 0.1) is 0 Å². The van der Waals surface area contributed by atoms with Crippen LogP contribution in [0.3, 0.4) is 0 Å². The molecule has 0 aliphatic carbocycles. The lowest BCUT2D eigenvalue weighted by atomic mass is 10.1. The van der Waals surface area contributed by atoms with Crippen molar-refractivity contribution in [2.24, 2.45) is 0 Å². The highest BCUT2D eigenvalue weighted by molar-refractivity contribution is 7.92. The lowest BCUT2D eigenvalue weighted by Gasteiger charge is -2.04. The maximum absolute atomic E-state index is 11.0. The number of carbonyl (C=O) groups excluding carboxylic acids is 1. The Bertz CT molecular complexity index is 450. The summed E-state index contributed by atoms with van der Waals surface area (Å²) in [6.45, 7) is -0.557. The Kier molecular flexibility index (Phi) is 3.43. The first-order valence-electron chi connectivity index (χ1n) is 4.14. The molecule has 0 atom stereocenters. The van der Waals surface area contributed by atoms with Crippen LogP contribution in [0.25, 0.3) is 0 Å². The largest absolute Gasteiger partial charge is 0.388 e. The van der Waals surface area contributed by atoms with E-state index in [0.717, 1.165) is 6.26 Å². The van der Waals surface area contributed by atoms with E-state index in [1.165, 1.54) is 24.3 Å². The zero-order chi connectivity index (χ0) is 11.5. The van der Waals surface area contributed by atoms with Crippen molar-refractivity contribution in [2.75, 3.05) is 17.6 Å². The second kappa shape index (κ2) is 4.41. The van der Waals surface area contributed by atoms with Crippen LogP contribution in [0.1, 0.15) is 10.4 Å². The molecule has 0 amide bonds. The lowest BCUT2D eigenvalue weighted by Crippen LogP contribution is -2.10. The summed E-state index contributed by atoms with van der Waals surface area (Å²) in [6.07, 6.45) is 1.04. The molecule has 0 aliphatic heterocycles. The SMILES string of the molecule is CS(=O)(=O)Nc1ccc(C(=O)CO)cc1. The number of carbonyl (C=O) groups is 1. The molecule has 0 heterocycles. The predicted octanol–water partition coefficient (Wildman–Crippen LogP) is 0.233. The number of nitrogens with one attached hydrogen (secondary N) is 1. The van der Waals surface area contributed by atoms with Crippen molar-refractivity contribution in [3.63, 3.8) is 0 Å². The van der Waals surface area contributed by atoms with E-state index in [1.807, 2.05) is 0 Å². The average Bonchev–Trinajstić information content (AvgIpc) is 2.15. The summed E-state index contributed by atoms with van der Waals surface area (Å²) in [5.41, 5.74) is 0.726. The Morgan fingerprint density at radius 2 is 1.87 bits per heavy atom. The summed E-state index contributed by atoms with van der Waals surface area (Å²) >= 11 is 0. The molecule has 82 valence electrons. The Balaban J connectivity index is 2.86. The summed E-state index contributed by atoms with van der Waals surface area (Å²) in [5.74, 6) is -0.402. The Labute approximate surface area is 87.8 Å². The van der Waals surface area contributed by atoms with Crippen LogP contribution in [0.4, 0.5) is 5.69 Å². The number of aliphatic hydroxyl groups is 1. The van der Waals surface area contributed by atoms with Gasteiger partial charge >= 0.3 is 0 Å². The first-order valence-corrected chi connectivity index (χ1v) is 6.03. The van der Waals surface area contributed by atoms with E-state index in [4.69, 9.17) is 5.11 Å². The Morgan fingerprint density at radius 1 is 1.33 bits per heavy atom. The molecule has 1 aromatic carbocycles. The van der Waals surface area contributed by atoms with Crippen molar-refractivity contribution in [3.8, 4) is 0 Å². The Morgan fingerprint density at radius 3 is 2.27 bits per heavy atom. The van der Waals surface area contributed by atoms with Gasteiger partial charge in [0.1, 0.15) is 6.61 Å². The van der Waals surface area contributed by atoms with Crippen molar-refractivity contribution in [1.82, 2.24) is 0 Å². The van der Waals surface area contributed by atoms with Crippen LogP contribution in [-0.2, 0) is 10.0 Å². The number of ketones is 1. The first-order chi connectivity index (χ1) is 6.92. The van der Waals surface area contributed by atoms with E-state index in [1.54, 1.807) is 0 Å².